The Morgan fingerprint density at radius 2 is 1.67 bits per heavy atom. The van der Waals surface area contributed by atoms with Crippen LogP contribution >= 0.6 is 67.8 Å². The second-order valence-electron chi connectivity index (χ2n) is 4.27. The smallest absolute Gasteiger partial charge is 0.411 e. The van der Waals surface area contributed by atoms with Crippen molar-refractivity contribution >= 4 is 95.6 Å². The number of hydrogen-bond acceptors (Lipinski definition) is 6. The van der Waals surface area contributed by atoms with Gasteiger partial charge in [0.2, 0.25) is 0 Å². The molecule has 0 atom stereocenters. The van der Waals surface area contributed by atoms with Gasteiger partial charge in [-0.3, -0.25) is 14.7 Å². The van der Waals surface area contributed by atoms with Crippen LogP contribution in [-0.4, -0.2) is 44.0 Å². The van der Waals surface area contributed by atoms with Crippen LogP contribution in [-0.2, 0) is 24.4 Å². The standard InChI is InChI=1S/C12H12I3NO7S/c13-8-5-7(6-9(14)11(8)15)16-12(18)23-2-1-10(17)22-3-4-24(19,20)21/h5-6H,1-4H2,(H,16,18)(H,19,20,21). The van der Waals surface area contributed by atoms with E-state index >= 15 is 0 Å². The van der Waals surface area contributed by atoms with Gasteiger partial charge < -0.3 is 9.47 Å². The lowest BCUT2D eigenvalue weighted by molar-refractivity contribution is -0.143. The Hall–Kier alpha value is 0.0600. The van der Waals surface area contributed by atoms with Crippen molar-refractivity contribution in [3.8, 4) is 0 Å². The molecule has 0 heterocycles. The molecule has 134 valence electrons. The number of esters is 1. The van der Waals surface area contributed by atoms with Crippen molar-refractivity contribution in [3.05, 3.63) is 22.8 Å². The van der Waals surface area contributed by atoms with Gasteiger partial charge in [0, 0.05) is 16.4 Å². The second kappa shape index (κ2) is 10.3. The summed E-state index contributed by atoms with van der Waals surface area (Å²) in [6.07, 6.45) is -0.936. The Morgan fingerprint density at radius 1 is 1.08 bits per heavy atom. The number of rotatable bonds is 7. The van der Waals surface area contributed by atoms with Crippen molar-refractivity contribution in [2.75, 3.05) is 24.3 Å². The molecule has 8 nitrogen and oxygen atoms in total. The Morgan fingerprint density at radius 3 is 2.21 bits per heavy atom. The summed E-state index contributed by atoms with van der Waals surface area (Å²) in [6.45, 7) is -0.668. The molecular weight excluding hydrogens is 683 g/mol. The van der Waals surface area contributed by atoms with E-state index in [1.54, 1.807) is 12.1 Å². The Kier molecular flexibility index (Phi) is 9.46. The molecule has 0 saturated carbocycles. The fraction of sp³-hybridized carbons (Fsp3) is 0.333. The van der Waals surface area contributed by atoms with Gasteiger partial charge in [-0.05, 0) is 79.9 Å². The fourth-order valence-electron chi connectivity index (χ4n) is 1.34. The third-order valence-corrected chi connectivity index (χ3v) is 7.98. The Labute approximate surface area is 179 Å². The zero-order valence-electron chi connectivity index (χ0n) is 11.9. The van der Waals surface area contributed by atoms with E-state index in [9.17, 15) is 18.0 Å². The lowest BCUT2D eigenvalue weighted by Crippen LogP contribution is -2.19. The highest BCUT2D eigenvalue weighted by Gasteiger charge is 2.11. The van der Waals surface area contributed by atoms with Crippen molar-refractivity contribution in [1.82, 2.24) is 0 Å². The number of carbonyl (C=O) groups excluding carboxylic acids is 2. The molecule has 1 rings (SSSR count). The molecule has 12 heteroatoms. The van der Waals surface area contributed by atoms with Gasteiger partial charge in [-0.15, -0.1) is 0 Å². The monoisotopic (exact) mass is 695 g/mol. The van der Waals surface area contributed by atoms with Crippen LogP contribution < -0.4 is 5.32 Å². The van der Waals surface area contributed by atoms with Crippen LogP contribution in [0.2, 0.25) is 0 Å². The molecular formula is C12H12I3NO7S. The number of benzene rings is 1. The summed E-state index contributed by atoms with van der Waals surface area (Å²) in [6, 6.07) is 3.57. The minimum Gasteiger partial charge on any atom is -0.464 e. The van der Waals surface area contributed by atoms with E-state index in [4.69, 9.17) is 9.29 Å². The van der Waals surface area contributed by atoms with E-state index in [1.807, 2.05) is 0 Å². The van der Waals surface area contributed by atoms with E-state index in [0.29, 0.717) is 5.69 Å². The van der Waals surface area contributed by atoms with Gasteiger partial charge in [0.15, 0.2) is 0 Å². The molecule has 1 aromatic rings. The van der Waals surface area contributed by atoms with E-state index in [0.717, 1.165) is 10.7 Å². The fourth-order valence-corrected chi connectivity index (χ4v) is 3.72. The summed E-state index contributed by atoms with van der Waals surface area (Å²) in [5, 5.41) is 2.55. The molecule has 0 aliphatic heterocycles. The number of halogens is 3. The van der Waals surface area contributed by atoms with Gasteiger partial charge in [0.25, 0.3) is 10.1 Å². The highest BCUT2D eigenvalue weighted by Crippen LogP contribution is 2.25. The van der Waals surface area contributed by atoms with Gasteiger partial charge in [-0.25, -0.2) is 4.79 Å². The van der Waals surface area contributed by atoms with Crippen LogP contribution in [0.3, 0.4) is 0 Å². The molecule has 0 saturated heterocycles. The first-order valence-electron chi connectivity index (χ1n) is 6.27. The lowest BCUT2D eigenvalue weighted by Gasteiger charge is -2.09. The Balaban J connectivity index is 2.33. The first-order chi connectivity index (χ1) is 11.1. The molecule has 0 fully saturated rings. The maximum absolute atomic E-state index is 11.6. The minimum atomic E-state index is -4.17. The molecule has 0 radical (unpaired) electrons. The highest BCUT2D eigenvalue weighted by molar-refractivity contribution is 14.1. The molecule has 1 amide bonds. The van der Waals surface area contributed by atoms with Crippen molar-refractivity contribution in [1.29, 1.82) is 0 Å². The summed E-state index contributed by atoms with van der Waals surface area (Å²) in [5.74, 6) is -1.41. The first kappa shape index (κ1) is 22.1. The van der Waals surface area contributed by atoms with E-state index < -0.39 is 34.5 Å². The number of carbonyl (C=O) groups is 2. The molecule has 1 aromatic carbocycles. The van der Waals surface area contributed by atoms with Crippen LogP contribution in [0, 0.1) is 10.7 Å². The number of ether oxygens (including phenoxy) is 2. The van der Waals surface area contributed by atoms with Crippen molar-refractivity contribution in [2.45, 2.75) is 6.42 Å². The van der Waals surface area contributed by atoms with Gasteiger partial charge in [0.1, 0.15) is 19.0 Å². The molecule has 0 unspecified atom stereocenters. The third kappa shape index (κ3) is 8.95. The molecule has 0 spiro atoms. The number of anilines is 1. The molecule has 2 N–H and O–H groups in total. The zero-order chi connectivity index (χ0) is 18.3. The quantitative estimate of drug-likeness (QED) is 0.195. The SMILES string of the molecule is O=C(CCOC(=O)Nc1cc(I)c(I)c(I)c1)OCCS(=O)(=O)O. The van der Waals surface area contributed by atoms with Crippen LogP contribution in [0.25, 0.3) is 0 Å². The summed E-state index contributed by atoms with van der Waals surface area (Å²) in [7, 11) is -4.17. The van der Waals surface area contributed by atoms with Gasteiger partial charge in [-0.1, -0.05) is 0 Å². The topological polar surface area (TPSA) is 119 Å². The normalized spacial score (nSPS) is 11.0. The van der Waals surface area contributed by atoms with E-state index in [2.05, 4.69) is 77.8 Å². The lowest BCUT2D eigenvalue weighted by atomic mass is 10.3. The summed E-state index contributed by atoms with van der Waals surface area (Å²) >= 11 is 6.50. The van der Waals surface area contributed by atoms with Crippen LogP contribution in [0.4, 0.5) is 10.5 Å². The van der Waals surface area contributed by atoms with E-state index in [1.165, 1.54) is 0 Å². The highest BCUT2D eigenvalue weighted by atomic mass is 127. The molecule has 0 aliphatic rings. The van der Waals surface area contributed by atoms with Crippen LogP contribution in [0.1, 0.15) is 6.42 Å². The summed E-state index contributed by atoms with van der Waals surface area (Å²) in [5.41, 5.74) is 0.574. The number of nitrogens with one attached hydrogen (secondary N) is 1. The van der Waals surface area contributed by atoms with Gasteiger partial charge in [-0.2, -0.15) is 8.42 Å². The van der Waals surface area contributed by atoms with Crippen LogP contribution in [0.5, 0.6) is 0 Å². The third-order valence-electron chi connectivity index (χ3n) is 2.37. The maximum atomic E-state index is 11.6. The van der Waals surface area contributed by atoms with Crippen molar-refractivity contribution < 1.29 is 32.0 Å². The summed E-state index contributed by atoms with van der Waals surface area (Å²) in [4.78, 5) is 22.9. The molecule has 0 aliphatic carbocycles. The van der Waals surface area contributed by atoms with Crippen LogP contribution in [0.15, 0.2) is 12.1 Å². The average molecular weight is 695 g/mol. The maximum Gasteiger partial charge on any atom is 0.411 e. The van der Waals surface area contributed by atoms with Crippen molar-refractivity contribution in [2.24, 2.45) is 0 Å². The minimum absolute atomic E-state index is 0.213. The molecule has 0 bridgehead atoms. The largest absolute Gasteiger partial charge is 0.464 e. The first-order valence-corrected chi connectivity index (χ1v) is 11.1. The molecule has 24 heavy (non-hydrogen) atoms. The number of amides is 1. The predicted octanol–water partition coefficient (Wildman–Crippen LogP) is 2.87. The molecule has 0 aromatic heterocycles. The average Bonchev–Trinajstić information content (AvgIpc) is 2.43. The Bertz CT molecular complexity index is 700. The van der Waals surface area contributed by atoms with Crippen molar-refractivity contribution in [3.63, 3.8) is 0 Å². The van der Waals surface area contributed by atoms with E-state index in [-0.39, 0.29) is 13.0 Å². The number of hydrogen-bond donors (Lipinski definition) is 2. The zero-order valence-corrected chi connectivity index (χ0v) is 19.2. The van der Waals surface area contributed by atoms with Gasteiger partial charge >= 0.3 is 12.1 Å². The summed E-state index contributed by atoms with van der Waals surface area (Å²) < 4.78 is 41.8. The van der Waals surface area contributed by atoms with Gasteiger partial charge in [0.05, 0.1) is 6.42 Å². The second-order valence-corrected chi connectivity index (χ2v) is 9.25. The predicted molar refractivity (Wildman–Crippen MR) is 112 cm³/mol.